The molecule has 370 valence electrons. The van der Waals surface area contributed by atoms with Gasteiger partial charge in [0.05, 0.1) is 37.4 Å². The summed E-state index contributed by atoms with van der Waals surface area (Å²) in [6, 6.07) is 30.3. The third kappa shape index (κ3) is 8.36. The number of benzene rings is 5. The van der Waals surface area contributed by atoms with E-state index in [9.17, 15) is 15.0 Å². The minimum atomic E-state index is -2.08. The number of phenols is 1. The van der Waals surface area contributed by atoms with Gasteiger partial charge in [0.15, 0.2) is 11.5 Å². The summed E-state index contributed by atoms with van der Waals surface area (Å²) in [7, 11) is 1.21. The number of anilines is 1. The van der Waals surface area contributed by atoms with Crippen molar-refractivity contribution >= 4 is 35.5 Å². The van der Waals surface area contributed by atoms with E-state index in [-0.39, 0.29) is 49.9 Å². The monoisotopic (exact) mass is 973 g/mol. The fourth-order valence-corrected chi connectivity index (χ4v) is 11.3. The summed E-state index contributed by atoms with van der Waals surface area (Å²) >= 11 is 0. The molecule has 16 nitrogen and oxygen atoms in total. The number of cyclic esters (lactones) is 1. The van der Waals surface area contributed by atoms with Crippen molar-refractivity contribution in [2.45, 2.75) is 62.5 Å². The molecule has 0 radical (unpaired) electrons. The lowest BCUT2D eigenvalue weighted by Gasteiger charge is -2.46. The number of esters is 2. The molecule has 0 aromatic heterocycles. The first kappa shape index (κ1) is 47.9. The van der Waals surface area contributed by atoms with Gasteiger partial charge in [0.1, 0.15) is 29.4 Å². The van der Waals surface area contributed by atoms with E-state index >= 15 is 19.2 Å². The standard InChI is InChI=1S/C56H55N5O11/c1-34(2)46(52(65)69-3)57-55(68)60-42-23-17-35(12-10-11-29-62)30-41(42)56(54(60)67)45(51(64)59-27-25-58(26-28-59)32-36-18-24-43-44(31-36)71-33-70-43)48-53(66)72-49(38-15-8-5-9-16-38)47(37-13-6-4-7-14-37)61(48)50(56)39-19-21-40(63)22-20-39/h4-9,13-24,30-31,34,45-50,62-63H,11,25-29,32-33H2,1-3H3,(H,57,68)/t45-,46+,47-,48-,49+,50+,56-/m1/s1. The maximum atomic E-state index is 16.7. The quantitative estimate of drug-likeness (QED) is 0.113. The summed E-state index contributed by atoms with van der Waals surface area (Å²) in [4.78, 5) is 83.6. The Labute approximate surface area is 417 Å². The van der Waals surface area contributed by atoms with Crippen LogP contribution in [0.5, 0.6) is 17.2 Å². The number of nitrogens with zero attached hydrogens (tertiary/aromatic N) is 4. The van der Waals surface area contributed by atoms with Crippen molar-refractivity contribution in [3.05, 3.63) is 155 Å². The molecule has 7 atom stereocenters. The molecule has 5 aromatic carbocycles. The van der Waals surface area contributed by atoms with Crippen LogP contribution in [0.15, 0.2) is 121 Å². The second kappa shape index (κ2) is 19.8. The van der Waals surface area contributed by atoms with E-state index in [2.05, 4.69) is 22.1 Å². The molecule has 16 heteroatoms. The molecule has 1 spiro atoms. The minimum absolute atomic E-state index is 0.0587. The number of methoxy groups -OCH3 is 1. The number of fused-ring (bicyclic) bond motifs is 4. The van der Waals surface area contributed by atoms with Crippen LogP contribution < -0.4 is 19.7 Å². The summed E-state index contributed by atoms with van der Waals surface area (Å²) in [5.41, 5.74) is 1.59. The van der Waals surface area contributed by atoms with Gasteiger partial charge in [0.25, 0.3) is 0 Å². The zero-order chi connectivity index (χ0) is 50.3. The van der Waals surface area contributed by atoms with Gasteiger partial charge in [-0.25, -0.2) is 14.5 Å². The van der Waals surface area contributed by atoms with Gasteiger partial charge in [-0.05, 0) is 76.2 Å². The zero-order valence-corrected chi connectivity index (χ0v) is 40.1. The number of urea groups is 1. The molecule has 3 N–H and O–H groups in total. The van der Waals surface area contributed by atoms with Crippen molar-refractivity contribution in [3.63, 3.8) is 0 Å². The molecule has 0 bridgehead atoms. The van der Waals surface area contributed by atoms with Crippen LogP contribution in [0.4, 0.5) is 10.5 Å². The number of amides is 4. The number of ether oxygens (including phenoxy) is 4. The fraction of sp³-hybridized carbons (Fsp3) is 0.339. The van der Waals surface area contributed by atoms with Crippen LogP contribution in [-0.2, 0) is 40.6 Å². The van der Waals surface area contributed by atoms with Gasteiger partial charge in [-0.1, -0.05) is 105 Å². The number of aliphatic hydroxyl groups excluding tert-OH is 1. The van der Waals surface area contributed by atoms with Gasteiger partial charge in [-0.2, -0.15) is 0 Å². The number of carbonyl (C=O) groups excluding carboxylic acids is 5. The van der Waals surface area contributed by atoms with E-state index in [0.717, 1.165) is 16.0 Å². The Morgan fingerprint density at radius 1 is 0.819 bits per heavy atom. The van der Waals surface area contributed by atoms with E-state index in [0.29, 0.717) is 47.8 Å². The first-order chi connectivity index (χ1) is 34.9. The molecule has 5 aliphatic rings. The number of aromatic hydroxyl groups is 1. The number of morpholine rings is 1. The molecule has 5 aliphatic heterocycles. The Balaban J connectivity index is 1.18. The first-order valence-electron chi connectivity index (χ1n) is 24.2. The molecule has 0 unspecified atom stereocenters. The summed E-state index contributed by atoms with van der Waals surface area (Å²) in [5.74, 6) is 2.59. The fourth-order valence-electron chi connectivity index (χ4n) is 11.3. The summed E-state index contributed by atoms with van der Waals surface area (Å²) in [6.45, 7) is 5.38. The number of hydrogen-bond donors (Lipinski definition) is 3. The van der Waals surface area contributed by atoms with Crippen molar-refractivity contribution in [1.82, 2.24) is 20.0 Å². The normalized spacial score (nSPS) is 23.8. The molecule has 10 rings (SSSR count). The molecular formula is C56H55N5O11. The van der Waals surface area contributed by atoms with E-state index < -0.39 is 77.3 Å². The number of rotatable bonds is 10. The van der Waals surface area contributed by atoms with Gasteiger partial charge in [-0.3, -0.25) is 24.2 Å². The van der Waals surface area contributed by atoms with E-state index in [4.69, 9.17) is 18.9 Å². The topological polar surface area (TPSA) is 188 Å². The molecule has 0 saturated carbocycles. The number of imide groups is 1. The molecule has 0 aliphatic carbocycles. The van der Waals surface area contributed by atoms with Crippen LogP contribution in [0.1, 0.15) is 71.8 Å². The second-order valence-electron chi connectivity index (χ2n) is 19.0. The van der Waals surface area contributed by atoms with Crippen LogP contribution in [-0.4, -0.2) is 113 Å². The predicted octanol–water partition coefficient (Wildman–Crippen LogP) is 5.77. The summed E-state index contributed by atoms with van der Waals surface area (Å²) in [6.07, 6.45) is -0.792. The van der Waals surface area contributed by atoms with Crippen LogP contribution in [0.2, 0.25) is 0 Å². The number of piperazine rings is 1. The number of nitrogens with one attached hydrogen (secondary N) is 1. The Morgan fingerprint density at radius 2 is 1.51 bits per heavy atom. The molecule has 5 aromatic rings. The van der Waals surface area contributed by atoms with Crippen LogP contribution in [0, 0.1) is 23.7 Å². The molecular weight excluding hydrogens is 919 g/mol. The lowest BCUT2D eigenvalue weighted by atomic mass is 9.64. The maximum absolute atomic E-state index is 16.7. The highest BCUT2D eigenvalue weighted by atomic mass is 16.7. The average molecular weight is 974 g/mol. The van der Waals surface area contributed by atoms with Crippen molar-refractivity contribution < 1.29 is 53.1 Å². The maximum Gasteiger partial charge on any atom is 0.329 e. The number of aliphatic hydroxyl groups is 1. The predicted molar refractivity (Wildman–Crippen MR) is 262 cm³/mol. The summed E-state index contributed by atoms with van der Waals surface area (Å²) < 4.78 is 22.9. The third-order valence-corrected chi connectivity index (χ3v) is 14.5. The minimum Gasteiger partial charge on any atom is -0.508 e. The number of carbonyl (C=O) groups is 5. The largest absolute Gasteiger partial charge is 0.508 e. The van der Waals surface area contributed by atoms with Gasteiger partial charge in [0.2, 0.25) is 18.6 Å². The Hall–Kier alpha value is -7.71. The van der Waals surface area contributed by atoms with Crippen LogP contribution in [0.25, 0.3) is 0 Å². The SMILES string of the molecule is COC(=O)[C@@H](NC(=O)N1C(=O)[C@@]2(c3cc(C#CCCO)ccc31)[C@H](c1ccc(O)cc1)N1[C@H](c3ccccc3)[C@H](c3ccccc3)OC(=O)[C@H]1[C@@H]2C(=O)N1CCN(Cc2ccc3c(c2)OCO3)CC1)C(C)C. The third-order valence-electron chi connectivity index (χ3n) is 14.5. The van der Waals surface area contributed by atoms with Crippen molar-refractivity contribution in [3.8, 4) is 29.1 Å². The average Bonchev–Trinajstić information content (AvgIpc) is 4.07. The molecule has 3 fully saturated rings. The summed E-state index contributed by atoms with van der Waals surface area (Å²) in [5, 5.41) is 23.3. The van der Waals surface area contributed by atoms with Crippen LogP contribution in [0.3, 0.4) is 0 Å². The molecule has 3 saturated heterocycles. The zero-order valence-electron chi connectivity index (χ0n) is 40.1. The molecule has 72 heavy (non-hydrogen) atoms. The lowest BCUT2D eigenvalue weighted by molar-refractivity contribution is -0.179. The molecule has 4 amide bonds. The van der Waals surface area contributed by atoms with Gasteiger partial charge in [-0.15, -0.1) is 0 Å². The van der Waals surface area contributed by atoms with E-state index in [1.807, 2.05) is 83.8 Å². The number of hydrogen-bond acceptors (Lipinski definition) is 13. The molecule has 5 heterocycles. The van der Waals surface area contributed by atoms with E-state index in [1.54, 1.807) is 49.1 Å². The highest BCUT2D eigenvalue weighted by Gasteiger charge is 2.76. The Kier molecular flexibility index (Phi) is 13.2. The van der Waals surface area contributed by atoms with Crippen molar-refractivity contribution in [2.24, 2.45) is 11.8 Å². The van der Waals surface area contributed by atoms with Crippen molar-refractivity contribution in [2.75, 3.05) is 51.6 Å². The highest BCUT2D eigenvalue weighted by molar-refractivity contribution is 6.25. The van der Waals surface area contributed by atoms with Gasteiger partial charge in [0, 0.05) is 44.7 Å². The smallest absolute Gasteiger partial charge is 0.329 e. The lowest BCUT2D eigenvalue weighted by Crippen LogP contribution is -2.59. The van der Waals surface area contributed by atoms with Gasteiger partial charge >= 0.3 is 18.0 Å². The van der Waals surface area contributed by atoms with E-state index in [1.165, 1.54) is 19.2 Å². The van der Waals surface area contributed by atoms with Crippen molar-refractivity contribution in [1.29, 1.82) is 0 Å². The number of phenolic OH excluding ortho intramolecular Hbond substituents is 1. The Bertz CT molecular complexity index is 2950. The second-order valence-corrected chi connectivity index (χ2v) is 19.0. The highest BCUT2D eigenvalue weighted by Crippen LogP contribution is 2.66. The van der Waals surface area contributed by atoms with Gasteiger partial charge < -0.3 is 39.4 Å². The first-order valence-corrected chi connectivity index (χ1v) is 24.2. The van der Waals surface area contributed by atoms with Crippen LogP contribution >= 0.6 is 0 Å². The Morgan fingerprint density at radius 3 is 2.19 bits per heavy atom.